The normalized spacial score (nSPS) is 20.3. The first kappa shape index (κ1) is 16.5. The average Bonchev–Trinajstić information content (AvgIpc) is 3.04. The third-order valence-electron chi connectivity index (χ3n) is 3.26. The molecule has 0 aromatic carbocycles. The van der Waals surface area contributed by atoms with Crippen LogP contribution < -0.4 is 5.32 Å². The van der Waals surface area contributed by atoms with Crippen LogP contribution in [0, 0.1) is 6.92 Å². The van der Waals surface area contributed by atoms with E-state index in [-0.39, 0.29) is 14.1 Å². The first-order chi connectivity index (χ1) is 10.7. The summed E-state index contributed by atoms with van der Waals surface area (Å²) in [5.74, 6) is -1.34. The summed E-state index contributed by atoms with van der Waals surface area (Å²) in [4.78, 5) is 29.6. The van der Waals surface area contributed by atoms with Gasteiger partial charge in [0.1, 0.15) is 4.90 Å². The van der Waals surface area contributed by atoms with Gasteiger partial charge in [-0.1, -0.05) is 11.6 Å². The van der Waals surface area contributed by atoms with Gasteiger partial charge in [0, 0.05) is 18.1 Å². The van der Waals surface area contributed by atoms with Crippen LogP contribution in [0.15, 0.2) is 17.2 Å². The molecule has 0 spiro atoms. The van der Waals surface area contributed by atoms with Gasteiger partial charge in [-0.05, 0) is 13.0 Å². The number of carbonyl (C=O) groups is 2. The van der Waals surface area contributed by atoms with Gasteiger partial charge in [0.15, 0.2) is 11.2 Å². The standard InChI is InChI=1S/C12H10ClN3O4S3/c1-5-4-14-12(21-5)15-11(18)8-9(17)10-6(3-7(13)22-10)23(19,20)16(8)2/h3-4,8H,1-2H3,(H,14,15,18). The molecule has 3 rings (SSSR count). The Kier molecular flexibility index (Phi) is 4.05. The smallest absolute Gasteiger partial charge is 0.252 e. The van der Waals surface area contributed by atoms with Crippen LogP contribution in [0.2, 0.25) is 4.34 Å². The molecule has 0 fully saturated rings. The van der Waals surface area contributed by atoms with Crippen LogP contribution in [0.3, 0.4) is 0 Å². The molecule has 1 aliphatic heterocycles. The molecular formula is C12H10ClN3O4S3. The Hall–Kier alpha value is -1.33. The minimum absolute atomic E-state index is 0.0245. The number of rotatable bonds is 2. The Labute approximate surface area is 145 Å². The number of nitrogens with zero attached hydrogens (tertiary/aromatic N) is 2. The van der Waals surface area contributed by atoms with Crippen molar-refractivity contribution >= 4 is 61.1 Å². The summed E-state index contributed by atoms with van der Waals surface area (Å²) in [6.45, 7) is 1.82. The van der Waals surface area contributed by atoms with E-state index < -0.39 is 27.8 Å². The van der Waals surface area contributed by atoms with Gasteiger partial charge in [0.05, 0.1) is 9.21 Å². The molecule has 1 N–H and O–H groups in total. The lowest BCUT2D eigenvalue weighted by Gasteiger charge is -2.28. The van der Waals surface area contributed by atoms with Gasteiger partial charge < -0.3 is 5.32 Å². The van der Waals surface area contributed by atoms with Gasteiger partial charge in [0.2, 0.25) is 15.8 Å². The van der Waals surface area contributed by atoms with Crippen LogP contribution in [0.5, 0.6) is 0 Å². The molecule has 0 radical (unpaired) electrons. The number of thiazole rings is 1. The first-order valence-corrected chi connectivity index (χ1v) is 9.72. The van der Waals surface area contributed by atoms with E-state index in [1.165, 1.54) is 24.5 Å². The Morgan fingerprint density at radius 1 is 1.43 bits per heavy atom. The highest BCUT2D eigenvalue weighted by atomic mass is 35.5. The lowest BCUT2D eigenvalue weighted by Crippen LogP contribution is -2.52. The van der Waals surface area contributed by atoms with Gasteiger partial charge in [-0.3, -0.25) is 9.59 Å². The zero-order chi connectivity index (χ0) is 16.9. The summed E-state index contributed by atoms with van der Waals surface area (Å²) in [5.41, 5.74) is 0. The third kappa shape index (κ3) is 2.70. The number of hydrogen-bond donors (Lipinski definition) is 1. The number of sulfonamides is 1. The molecule has 2 aromatic heterocycles. The van der Waals surface area contributed by atoms with Crippen molar-refractivity contribution in [1.29, 1.82) is 0 Å². The summed E-state index contributed by atoms with van der Waals surface area (Å²) in [7, 11) is -2.76. The lowest BCUT2D eigenvalue weighted by atomic mass is 10.1. The molecule has 7 nitrogen and oxygen atoms in total. The minimum atomic E-state index is -3.95. The Balaban J connectivity index is 2.00. The number of likely N-dealkylation sites (N-methyl/N-ethyl adjacent to an activating group) is 1. The van der Waals surface area contributed by atoms with Crippen molar-refractivity contribution in [3.05, 3.63) is 26.4 Å². The maximum atomic E-state index is 12.5. The summed E-state index contributed by atoms with van der Waals surface area (Å²) < 4.78 is 25.9. The zero-order valence-corrected chi connectivity index (χ0v) is 15.1. The molecule has 0 saturated heterocycles. The van der Waals surface area contributed by atoms with Gasteiger partial charge in [-0.15, -0.1) is 22.7 Å². The number of thiophene rings is 1. The second-order valence-electron chi connectivity index (χ2n) is 4.80. The number of hydrogen-bond acceptors (Lipinski definition) is 7. The van der Waals surface area contributed by atoms with Crippen LogP contribution in [0.25, 0.3) is 0 Å². The number of fused-ring (bicyclic) bond motifs is 1. The summed E-state index contributed by atoms with van der Waals surface area (Å²) >= 11 is 7.91. The number of ketones is 1. The first-order valence-electron chi connectivity index (χ1n) is 6.26. The quantitative estimate of drug-likeness (QED) is 0.789. The fraction of sp³-hybridized carbons (Fsp3) is 0.250. The highest BCUT2D eigenvalue weighted by Gasteiger charge is 2.47. The average molecular weight is 392 g/mol. The molecule has 1 aliphatic rings. The van der Waals surface area contributed by atoms with E-state index in [1.54, 1.807) is 6.20 Å². The fourth-order valence-electron chi connectivity index (χ4n) is 2.16. The van der Waals surface area contributed by atoms with Crippen molar-refractivity contribution in [3.8, 4) is 0 Å². The molecule has 23 heavy (non-hydrogen) atoms. The van der Waals surface area contributed by atoms with Gasteiger partial charge in [-0.25, -0.2) is 13.4 Å². The number of nitrogens with one attached hydrogen (secondary N) is 1. The van der Waals surface area contributed by atoms with Crippen LogP contribution in [0.4, 0.5) is 5.13 Å². The number of aromatic nitrogens is 1. The molecule has 1 atom stereocenters. The molecule has 1 unspecified atom stereocenters. The molecule has 0 aliphatic carbocycles. The number of aryl methyl sites for hydroxylation is 1. The zero-order valence-electron chi connectivity index (χ0n) is 11.9. The van der Waals surface area contributed by atoms with Crippen molar-refractivity contribution in [1.82, 2.24) is 9.29 Å². The number of Topliss-reactive ketones (excluding diaryl/α,β-unsaturated/α-hetero) is 1. The molecule has 1 amide bonds. The Morgan fingerprint density at radius 3 is 2.74 bits per heavy atom. The summed E-state index contributed by atoms with van der Waals surface area (Å²) in [6.07, 6.45) is 1.57. The number of amides is 1. The maximum Gasteiger partial charge on any atom is 0.252 e. The van der Waals surface area contributed by atoms with E-state index in [9.17, 15) is 18.0 Å². The third-order valence-corrected chi connectivity index (χ3v) is 7.34. The van der Waals surface area contributed by atoms with Crippen LogP contribution in [0.1, 0.15) is 14.5 Å². The number of halogens is 1. The Bertz CT molecular complexity index is 918. The molecule has 3 heterocycles. The van der Waals surface area contributed by atoms with Gasteiger partial charge in [-0.2, -0.15) is 4.31 Å². The highest BCUT2D eigenvalue weighted by molar-refractivity contribution is 7.89. The predicted molar refractivity (Wildman–Crippen MR) is 87.9 cm³/mol. The van der Waals surface area contributed by atoms with Crippen molar-refractivity contribution in [2.75, 3.05) is 12.4 Å². The monoisotopic (exact) mass is 391 g/mol. The molecular weight excluding hydrogens is 382 g/mol. The van der Waals surface area contributed by atoms with E-state index in [1.807, 2.05) is 6.92 Å². The summed E-state index contributed by atoms with van der Waals surface area (Å²) in [6, 6.07) is -0.254. The highest BCUT2D eigenvalue weighted by Crippen LogP contribution is 2.37. The topological polar surface area (TPSA) is 96.4 Å². The maximum absolute atomic E-state index is 12.5. The van der Waals surface area contributed by atoms with E-state index in [0.29, 0.717) is 5.13 Å². The van der Waals surface area contributed by atoms with Crippen molar-refractivity contribution in [3.63, 3.8) is 0 Å². The number of anilines is 1. The minimum Gasteiger partial charge on any atom is -0.300 e. The lowest BCUT2D eigenvalue weighted by molar-refractivity contribution is -0.118. The second kappa shape index (κ2) is 5.64. The SMILES string of the molecule is Cc1cnc(NC(=O)C2C(=O)c3sc(Cl)cc3S(=O)(=O)N2C)s1. The molecule has 0 bridgehead atoms. The predicted octanol–water partition coefficient (Wildman–Crippen LogP) is 1.99. The van der Waals surface area contributed by atoms with E-state index in [4.69, 9.17) is 11.6 Å². The Morgan fingerprint density at radius 2 is 2.13 bits per heavy atom. The van der Waals surface area contributed by atoms with E-state index in [0.717, 1.165) is 20.5 Å². The van der Waals surface area contributed by atoms with Gasteiger partial charge >= 0.3 is 0 Å². The summed E-state index contributed by atoms with van der Waals surface area (Å²) in [5, 5.41) is 2.79. The second-order valence-corrected chi connectivity index (χ2v) is 9.68. The van der Waals surface area contributed by atoms with E-state index >= 15 is 0 Å². The van der Waals surface area contributed by atoms with Crippen LogP contribution in [-0.2, 0) is 14.8 Å². The van der Waals surface area contributed by atoms with Crippen LogP contribution >= 0.6 is 34.3 Å². The number of carbonyl (C=O) groups excluding carboxylic acids is 2. The largest absolute Gasteiger partial charge is 0.300 e. The molecule has 0 saturated carbocycles. The van der Waals surface area contributed by atoms with Gasteiger partial charge in [0.25, 0.3) is 5.91 Å². The molecule has 122 valence electrons. The van der Waals surface area contributed by atoms with Crippen molar-refractivity contribution in [2.24, 2.45) is 0 Å². The molecule has 2 aromatic rings. The van der Waals surface area contributed by atoms with Crippen molar-refractivity contribution in [2.45, 2.75) is 17.9 Å². The molecule has 11 heteroatoms. The van der Waals surface area contributed by atoms with Crippen molar-refractivity contribution < 1.29 is 18.0 Å². The van der Waals surface area contributed by atoms with E-state index in [2.05, 4.69) is 10.3 Å². The van der Waals surface area contributed by atoms with Crippen LogP contribution in [-0.4, -0.2) is 42.5 Å². The fourth-order valence-corrected chi connectivity index (χ4v) is 5.88.